The molecule has 1 aromatic rings. The molecule has 0 aliphatic heterocycles. The van der Waals surface area contributed by atoms with Gasteiger partial charge in [-0.25, -0.2) is 4.98 Å². The topological polar surface area (TPSA) is 50.7 Å². The molecule has 0 aliphatic rings. The van der Waals surface area contributed by atoms with Crippen molar-refractivity contribution in [3.63, 3.8) is 0 Å². The molecule has 4 heteroatoms. The third-order valence-electron chi connectivity index (χ3n) is 1.91. The molecule has 0 spiro atoms. The summed E-state index contributed by atoms with van der Waals surface area (Å²) in [6.45, 7) is 6.92. The smallest absolute Gasteiger partial charge is 0.242 e. The highest BCUT2D eigenvalue weighted by Gasteiger charge is 1.99. The molecule has 1 N–H and O–H groups in total. The quantitative estimate of drug-likeness (QED) is 0.716. The Kier molecular flexibility index (Phi) is 3.61. The van der Waals surface area contributed by atoms with Crippen LogP contribution in [0.1, 0.15) is 31.2 Å². The van der Waals surface area contributed by atoms with Gasteiger partial charge in [-0.2, -0.15) is 5.10 Å². The van der Waals surface area contributed by atoms with Crippen LogP contribution in [0.2, 0.25) is 0 Å². The van der Waals surface area contributed by atoms with E-state index in [4.69, 9.17) is 0 Å². The summed E-state index contributed by atoms with van der Waals surface area (Å²) in [7, 11) is 0. The van der Waals surface area contributed by atoms with E-state index in [0.29, 0.717) is 5.95 Å². The fourth-order valence-corrected chi connectivity index (χ4v) is 0.909. The largest absolute Gasteiger partial charge is 0.353 e. The fourth-order valence-electron chi connectivity index (χ4n) is 0.909. The summed E-state index contributed by atoms with van der Waals surface area (Å²) in [6.07, 6.45) is 2.31. The third-order valence-corrected chi connectivity index (χ3v) is 1.91. The second kappa shape index (κ2) is 4.74. The number of nitrogens with zero attached hydrogens (tertiary/aromatic N) is 3. The van der Waals surface area contributed by atoms with E-state index in [1.54, 1.807) is 0 Å². The molecule has 0 unspecified atom stereocenters. The number of nitrogens with one attached hydrogen (secondary N) is 1. The first-order chi connectivity index (χ1) is 6.24. The van der Waals surface area contributed by atoms with E-state index in [-0.39, 0.29) is 0 Å². The molecule has 0 saturated heterocycles. The van der Waals surface area contributed by atoms with E-state index in [2.05, 4.69) is 27.4 Å². The van der Waals surface area contributed by atoms with Crippen molar-refractivity contribution in [3.05, 3.63) is 11.4 Å². The van der Waals surface area contributed by atoms with Gasteiger partial charge in [-0.15, -0.1) is 5.10 Å². The highest BCUT2D eigenvalue weighted by molar-refractivity contribution is 5.24. The van der Waals surface area contributed by atoms with Crippen LogP contribution in [0, 0.1) is 13.8 Å². The lowest BCUT2D eigenvalue weighted by Gasteiger charge is -2.03. The Morgan fingerprint density at radius 2 is 1.92 bits per heavy atom. The van der Waals surface area contributed by atoms with Crippen molar-refractivity contribution >= 4 is 5.95 Å². The zero-order valence-electron chi connectivity index (χ0n) is 8.46. The molecule has 0 bridgehead atoms. The minimum atomic E-state index is 0.636. The number of aromatic nitrogens is 3. The van der Waals surface area contributed by atoms with Crippen LogP contribution in [-0.2, 0) is 0 Å². The van der Waals surface area contributed by atoms with Crippen molar-refractivity contribution < 1.29 is 0 Å². The molecule has 0 atom stereocenters. The fraction of sp³-hybridized carbons (Fsp3) is 0.667. The van der Waals surface area contributed by atoms with Gasteiger partial charge in [0.05, 0.1) is 11.4 Å². The lowest BCUT2D eigenvalue weighted by Crippen LogP contribution is -2.07. The van der Waals surface area contributed by atoms with E-state index in [9.17, 15) is 0 Å². The maximum atomic E-state index is 4.26. The van der Waals surface area contributed by atoms with Crippen LogP contribution in [0.25, 0.3) is 0 Å². The molecule has 0 aromatic carbocycles. The SMILES string of the molecule is CCCCNc1nnc(C)c(C)n1. The number of hydrogen-bond acceptors (Lipinski definition) is 4. The Morgan fingerprint density at radius 3 is 2.54 bits per heavy atom. The van der Waals surface area contributed by atoms with Crippen LogP contribution in [0.15, 0.2) is 0 Å². The molecule has 1 heterocycles. The Hall–Kier alpha value is -1.19. The molecule has 0 fully saturated rings. The summed E-state index contributed by atoms with van der Waals surface area (Å²) in [5.74, 6) is 0.636. The summed E-state index contributed by atoms with van der Waals surface area (Å²) < 4.78 is 0. The summed E-state index contributed by atoms with van der Waals surface area (Å²) in [5.41, 5.74) is 1.83. The summed E-state index contributed by atoms with van der Waals surface area (Å²) in [6, 6.07) is 0. The van der Waals surface area contributed by atoms with E-state index in [1.165, 1.54) is 6.42 Å². The minimum absolute atomic E-state index is 0.636. The molecule has 1 aromatic heterocycles. The number of aryl methyl sites for hydroxylation is 2. The number of rotatable bonds is 4. The lowest BCUT2D eigenvalue weighted by molar-refractivity contribution is 0.811. The van der Waals surface area contributed by atoms with Crippen LogP contribution in [0.4, 0.5) is 5.95 Å². The van der Waals surface area contributed by atoms with Crippen LogP contribution >= 0.6 is 0 Å². The summed E-state index contributed by atoms with van der Waals surface area (Å²) in [5, 5.41) is 11.0. The van der Waals surface area contributed by atoms with Crippen molar-refractivity contribution in [3.8, 4) is 0 Å². The first-order valence-electron chi connectivity index (χ1n) is 4.66. The van der Waals surface area contributed by atoms with E-state index in [0.717, 1.165) is 24.4 Å². The first-order valence-corrected chi connectivity index (χ1v) is 4.66. The van der Waals surface area contributed by atoms with Crippen LogP contribution < -0.4 is 5.32 Å². The highest BCUT2D eigenvalue weighted by atomic mass is 15.2. The van der Waals surface area contributed by atoms with E-state index in [1.807, 2.05) is 13.8 Å². The Labute approximate surface area is 78.8 Å². The standard InChI is InChI=1S/C9H16N4/c1-4-5-6-10-9-11-7(2)8(3)12-13-9/h4-6H2,1-3H3,(H,10,11,13). The number of anilines is 1. The molecule has 13 heavy (non-hydrogen) atoms. The predicted octanol–water partition coefficient (Wildman–Crippen LogP) is 1.70. The van der Waals surface area contributed by atoms with Gasteiger partial charge in [-0.3, -0.25) is 0 Å². The van der Waals surface area contributed by atoms with Crippen LogP contribution in [-0.4, -0.2) is 21.7 Å². The Morgan fingerprint density at radius 1 is 1.15 bits per heavy atom. The molecular formula is C9H16N4. The third kappa shape index (κ3) is 2.97. The summed E-state index contributed by atoms with van der Waals surface area (Å²) >= 11 is 0. The van der Waals surface area contributed by atoms with Crippen molar-refractivity contribution in [2.75, 3.05) is 11.9 Å². The average molecular weight is 180 g/mol. The molecular weight excluding hydrogens is 164 g/mol. The molecule has 1 rings (SSSR count). The Bertz CT molecular complexity index is 272. The average Bonchev–Trinajstić information content (AvgIpc) is 2.12. The van der Waals surface area contributed by atoms with Gasteiger partial charge in [0.2, 0.25) is 5.95 Å². The highest BCUT2D eigenvalue weighted by Crippen LogP contribution is 2.01. The monoisotopic (exact) mass is 180 g/mol. The van der Waals surface area contributed by atoms with Crippen molar-refractivity contribution in [2.24, 2.45) is 0 Å². The lowest BCUT2D eigenvalue weighted by atomic mass is 10.3. The molecule has 72 valence electrons. The first kappa shape index (κ1) is 9.89. The van der Waals surface area contributed by atoms with Gasteiger partial charge in [0, 0.05) is 6.54 Å². The van der Waals surface area contributed by atoms with Crippen LogP contribution in [0.5, 0.6) is 0 Å². The maximum Gasteiger partial charge on any atom is 0.242 e. The van der Waals surface area contributed by atoms with Gasteiger partial charge < -0.3 is 5.32 Å². The van der Waals surface area contributed by atoms with Gasteiger partial charge in [0.1, 0.15) is 0 Å². The zero-order chi connectivity index (χ0) is 9.68. The molecule has 0 aliphatic carbocycles. The second-order valence-corrected chi connectivity index (χ2v) is 3.09. The molecule has 0 radical (unpaired) electrons. The van der Waals surface area contributed by atoms with Crippen molar-refractivity contribution in [2.45, 2.75) is 33.6 Å². The van der Waals surface area contributed by atoms with Gasteiger partial charge >= 0.3 is 0 Å². The number of unbranched alkanes of at least 4 members (excludes halogenated alkanes) is 1. The van der Waals surface area contributed by atoms with E-state index >= 15 is 0 Å². The van der Waals surface area contributed by atoms with Crippen LogP contribution in [0.3, 0.4) is 0 Å². The van der Waals surface area contributed by atoms with E-state index < -0.39 is 0 Å². The van der Waals surface area contributed by atoms with Crippen molar-refractivity contribution in [1.82, 2.24) is 15.2 Å². The minimum Gasteiger partial charge on any atom is -0.353 e. The van der Waals surface area contributed by atoms with Gasteiger partial charge in [-0.05, 0) is 20.3 Å². The van der Waals surface area contributed by atoms with Crippen molar-refractivity contribution in [1.29, 1.82) is 0 Å². The molecule has 0 saturated carbocycles. The number of hydrogen-bond donors (Lipinski definition) is 1. The summed E-state index contributed by atoms with van der Waals surface area (Å²) in [4.78, 5) is 4.26. The predicted molar refractivity (Wildman–Crippen MR) is 52.7 cm³/mol. The maximum absolute atomic E-state index is 4.26. The normalized spacial score (nSPS) is 10.1. The van der Waals surface area contributed by atoms with Gasteiger partial charge in [0.25, 0.3) is 0 Å². The molecule has 4 nitrogen and oxygen atoms in total. The van der Waals surface area contributed by atoms with Gasteiger partial charge in [0.15, 0.2) is 0 Å². The zero-order valence-corrected chi connectivity index (χ0v) is 8.46. The second-order valence-electron chi connectivity index (χ2n) is 3.09. The molecule has 0 amide bonds. The Balaban J connectivity index is 2.53. The van der Waals surface area contributed by atoms with Gasteiger partial charge in [-0.1, -0.05) is 13.3 Å².